The van der Waals surface area contributed by atoms with E-state index in [-0.39, 0.29) is 13.3 Å². The number of nitrogens with zero attached hydrogens (tertiary/aromatic N) is 3. The van der Waals surface area contributed by atoms with Crippen LogP contribution < -0.4 is 31.9 Å². The number of hydrogen-bond donors (Lipinski definition) is 1. The minimum atomic E-state index is -1.33. The van der Waals surface area contributed by atoms with Gasteiger partial charge in [-0.2, -0.15) is 0 Å². The predicted molar refractivity (Wildman–Crippen MR) is 277 cm³/mol. The van der Waals surface area contributed by atoms with Crippen molar-refractivity contribution in [3.63, 3.8) is 0 Å². The van der Waals surface area contributed by atoms with E-state index in [4.69, 9.17) is 5.10 Å². The molecule has 1 N–H and O–H groups in total. The van der Waals surface area contributed by atoms with E-state index in [2.05, 4.69) is 229 Å². The first-order valence-corrected chi connectivity index (χ1v) is 99.8. The van der Waals surface area contributed by atoms with Gasteiger partial charge in [0.25, 0.3) is 0 Å². The molecule has 2 rings (SSSR count). The molecule has 1 aliphatic heterocycles. The number of alkyl halides is 4. The van der Waals surface area contributed by atoms with E-state index < -0.39 is 63.3 Å². The molecule has 2 unspecified atom stereocenters. The minimum absolute atomic E-state index is 0.247. The summed E-state index contributed by atoms with van der Waals surface area (Å²) in [5, 5.41) is 8.07. The van der Waals surface area contributed by atoms with Crippen molar-refractivity contribution >= 4 is 255 Å². The van der Waals surface area contributed by atoms with Gasteiger partial charge in [0.05, 0.1) is 0 Å². The summed E-state index contributed by atoms with van der Waals surface area (Å²) in [7, 11) is 0.275. The Morgan fingerprint density at radius 1 is 0.969 bits per heavy atom. The average molecular weight is 2470 g/mol. The summed E-state index contributed by atoms with van der Waals surface area (Å²) in [6.45, 7) is 7.29. The summed E-state index contributed by atoms with van der Waals surface area (Å²) < 4.78 is 3.24. The summed E-state index contributed by atoms with van der Waals surface area (Å²) in [6, 6.07) is 0.529. The second-order valence-corrected chi connectivity index (χ2v) is 236. The van der Waals surface area contributed by atoms with Crippen LogP contribution >= 0.6 is 249 Å². The van der Waals surface area contributed by atoms with Crippen LogP contribution in [0.1, 0.15) is 25.1 Å². The average Bonchev–Trinajstić information content (AvgIpc) is 3.02. The van der Waals surface area contributed by atoms with Gasteiger partial charge in [0.2, 0.25) is 0 Å². The molecule has 2 atom stereocenters. The van der Waals surface area contributed by atoms with E-state index in [9.17, 15) is 0 Å². The van der Waals surface area contributed by atoms with Gasteiger partial charge < -0.3 is 0 Å². The maximum absolute atomic E-state index is 5.14. The number of fused-ring (bicyclic) bond motifs is 1. The van der Waals surface area contributed by atoms with Gasteiger partial charge in [-0.3, -0.25) is 0 Å². The zero-order valence-electron chi connectivity index (χ0n) is 15.7. The summed E-state index contributed by atoms with van der Waals surface area (Å²) in [6.07, 6.45) is 0. The Balaban J connectivity index is 3.23. The molecule has 1 aliphatic rings. The van der Waals surface area contributed by atoms with Gasteiger partial charge in [-0.15, -0.1) is 0 Å². The molecule has 0 aromatic carbocycles. The van der Waals surface area contributed by atoms with Gasteiger partial charge in [-0.05, 0) is 0 Å². The van der Waals surface area contributed by atoms with Gasteiger partial charge in [-0.25, -0.2) is 0 Å². The molecule has 0 saturated carbocycles. The van der Waals surface area contributed by atoms with Crippen LogP contribution in [0, 0.1) is 6.92 Å². The molecule has 0 fully saturated rings. The van der Waals surface area contributed by atoms with Gasteiger partial charge >= 0.3 is 350 Å². The van der Waals surface area contributed by atoms with Crippen molar-refractivity contribution in [2.45, 2.75) is 29.8 Å². The fourth-order valence-electron chi connectivity index (χ4n) is 3.02. The number of hydrazine groups is 1. The number of aromatic nitrogens is 2. The van der Waals surface area contributed by atoms with Crippen LogP contribution in [-0.4, -0.2) is 22.4 Å². The molecule has 32 heavy (non-hydrogen) atoms. The van der Waals surface area contributed by atoms with Gasteiger partial charge in [0, 0.05) is 0 Å². The quantitative estimate of drug-likeness (QED) is 0.153. The van der Waals surface area contributed by atoms with Crippen molar-refractivity contribution < 1.29 is 26.5 Å². The molecule has 22 heteroatoms. The molecule has 0 saturated heterocycles. The first-order valence-electron chi connectivity index (χ1n) is 7.46. The molecule has 0 spiro atoms. The first-order chi connectivity index (χ1) is 14.8. The zero-order chi connectivity index (χ0) is 24.8. The monoisotopic (exact) mass is 2470 g/mol. The van der Waals surface area contributed by atoms with Crippen molar-refractivity contribution in [2.24, 2.45) is 7.05 Å². The molecule has 0 amide bonds. The van der Waals surface area contributed by atoms with Gasteiger partial charge in [0.1, 0.15) is 0 Å². The van der Waals surface area contributed by atoms with E-state index in [1.54, 1.807) is 5.56 Å². The van der Waals surface area contributed by atoms with E-state index in [1.807, 2.05) is 0 Å². The summed E-state index contributed by atoms with van der Waals surface area (Å²) in [4.78, 5) is 0. The third kappa shape index (κ3) is 8.21. The number of hydrogen-bond acceptors (Lipinski definition) is 3. The van der Waals surface area contributed by atoms with Crippen LogP contribution in [-0.2, 0) is 8.48 Å². The van der Waals surface area contributed by atoms with Crippen molar-refractivity contribution in [1.82, 2.24) is 14.8 Å². The van der Waals surface area contributed by atoms with E-state index in [0.717, 1.165) is 0 Å². The van der Waals surface area contributed by atoms with Crippen molar-refractivity contribution in [2.75, 3.05) is 5.43 Å². The summed E-state index contributed by atoms with van der Waals surface area (Å²) in [5.41, 5.74) is 7.26. The molecule has 1 aromatic rings. The Labute approximate surface area is 336 Å². The molecule has 2 heterocycles. The summed E-state index contributed by atoms with van der Waals surface area (Å²) >= 11 is 25.9. The topological polar surface area (TPSA) is 33.1 Å². The van der Waals surface area contributed by atoms with E-state index >= 15 is 0 Å². The number of halogens is 18. The Morgan fingerprint density at radius 3 is 1.94 bits per heavy atom. The van der Waals surface area contributed by atoms with Crippen molar-refractivity contribution in [3.8, 4) is 0 Å². The maximum atomic E-state index is 5.14. The molecule has 202 valence electrons. The third-order valence-corrected chi connectivity index (χ3v) is 433. The molecule has 0 radical (unpaired) electrons. The zero-order valence-corrected chi connectivity index (χ0v) is 54.6. The Kier molecular flexibility index (Phi) is 23.4. The number of anilines is 1. The van der Waals surface area contributed by atoms with Crippen molar-refractivity contribution in [3.05, 3.63) is 11.3 Å². The molecule has 1 aromatic heterocycles. The molecule has 4 nitrogen and oxygen atoms in total. The first kappa shape index (κ1) is 40.3. The number of rotatable bonds is 9. The second-order valence-electron chi connectivity index (χ2n) is 5.84. The molecular formula is C10H14I18N4-2. The van der Waals surface area contributed by atoms with Crippen LogP contribution in [0.2, 0.25) is 0 Å². The number of nitrogens with one attached hydrogen (secondary N) is 1. The Bertz CT molecular complexity index is 790. The third-order valence-electron chi connectivity index (χ3n) is 4.01. The van der Waals surface area contributed by atoms with Crippen molar-refractivity contribution in [1.29, 1.82) is 0 Å². The fourth-order valence-corrected chi connectivity index (χ4v) is 524. The van der Waals surface area contributed by atoms with Gasteiger partial charge in [0.15, 0.2) is 0 Å². The molecule has 0 bridgehead atoms. The molecule has 0 aliphatic carbocycles. The number of aryl methyl sites for hydroxylation is 2. The van der Waals surface area contributed by atoms with Crippen LogP contribution in [0.5, 0.6) is 0 Å². The van der Waals surface area contributed by atoms with Crippen LogP contribution in [0.4, 0.5) is 5.82 Å². The van der Waals surface area contributed by atoms with E-state index in [1.165, 1.54) is 11.5 Å². The van der Waals surface area contributed by atoms with Crippen LogP contribution in [0.25, 0.3) is 0 Å². The fraction of sp³-hybridized carbons (Fsp3) is 0.700. The summed E-state index contributed by atoms with van der Waals surface area (Å²) in [5.74, 6) is 1.38. The van der Waals surface area contributed by atoms with Crippen LogP contribution in [0.15, 0.2) is 0 Å². The van der Waals surface area contributed by atoms with Gasteiger partial charge in [-0.1, -0.05) is 0 Å². The Hall–Kier alpha value is 12.1. The predicted octanol–water partition coefficient (Wildman–Crippen LogP) is 8.96. The SMILES string of the molecule is Cc1nn(C)c2c1C(I(I)I(I)I)(I(I)I(I)[I-]I)C(I(I)I)(I(I)[I-]I)N(C(C)C)N2. The standard InChI is InChI=1S/C10H14I18N4/c1-5(2)32-10(23(13)14,24(15)21-11)9(25(16)27(18)19,26(17)28(20)22-12)7-6(3)29-31(4)8(7)30-32/h5,30H,1-4H3/q-2. The van der Waals surface area contributed by atoms with E-state index in [0.29, 0.717) is 22.3 Å². The second kappa shape index (κ2) is 18.6. The Morgan fingerprint density at radius 2 is 1.53 bits per heavy atom. The normalized spacial score (nSPS) is 26.6. The van der Waals surface area contributed by atoms with Crippen LogP contribution in [0.3, 0.4) is 0 Å². The molecular weight excluding hydrogens is 2460 g/mol.